The van der Waals surface area contributed by atoms with Gasteiger partial charge in [0.25, 0.3) is 0 Å². The Morgan fingerprint density at radius 2 is 1.87 bits per heavy atom. The van der Waals surface area contributed by atoms with Crippen molar-refractivity contribution < 1.29 is 19.1 Å². The lowest BCUT2D eigenvalue weighted by Gasteiger charge is -2.19. The minimum absolute atomic E-state index is 0.111. The van der Waals surface area contributed by atoms with Gasteiger partial charge in [0.2, 0.25) is 0 Å². The van der Waals surface area contributed by atoms with Crippen molar-refractivity contribution >= 4 is 11.9 Å². The molecular weight excluding hydrogens is 196 g/mol. The highest BCUT2D eigenvalue weighted by atomic mass is 16.6. The van der Waals surface area contributed by atoms with E-state index in [0.29, 0.717) is 0 Å². The third kappa shape index (κ3) is 6.52. The average molecular weight is 212 g/mol. The van der Waals surface area contributed by atoms with Crippen LogP contribution < -0.4 is 0 Å². The van der Waals surface area contributed by atoms with Gasteiger partial charge in [-0.15, -0.1) is 5.73 Å². The van der Waals surface area contributed by atoms with E-state index in [0.717, 1.165) is 0 Å². The molecule has 0 unspecified atom stereocenters. The van der Waals surface area contributed by atoms with Crippen molar-refractivity contribution in [3.8, 4) is 0 Å². The molecule has 0 N–H and O–H groups in total. The molecular formula is C11H16O4. The number of hydrogen-bond acceptors (Lipinski definition) is 4. The van der Waals surface area contributed by atoms with E-state index in [-0.39, 0.29) is 12.2 Å². The van der Waals surface area contributed by atoms with E-state index < -0.39 is 17.5 Å². The molecule has 0 bridgehead atoms. The largest absolute Gasteiger partial charge is 0.460 e. The summed E-state index contributed by atoms with van der Waals surface area (Å²) < 4.78 is 9.70. The maximum absolute atomic E-state index is 11.4. The fourth-order valence-electron chi connectivity index (χ4n) is 0.696. The molecule has 0 aliphatic rings. The van der Waals surface area contributed by atoms with Gasteiger partial charge in [-0.25, -0.2) is 4.79 Å². The molecule has 4 nitrogen and oxygen atoms in total. The van der Waals surface area contributed by atoms with Gasteiger partial charge in [-0.3, -0.25) is 4.79 Å². The lowest BCUT2D eigenvalue weighted by Crippen LogP contribution is -2.26. The highest BCUT2D eigenvalue weighted by molar-refractivity contribution is 5.89. The van der Waals surface area contributed by atoms with Crippen LogP contribution in [-0.4, -0.2) is 24.1 Å². The molecule has 84 valence electrons. The van der Waals surface area contributed by atoms with Crippen LogP contribution in [0.3, 0.4) is 0 Å². The second-order valence-corrected chi connectivity index (χ2v) is 3.94. The molecule has 0 saturated carbocycles. The van der Waals surface area contributed by atoms with E-state index in [1.54, 1.807) is 20.8 Å². The Hall–Kier alpha value is -1.54. The Bertz CT molecular complexity index is 303. The van der Waals surface area contributed by atoms with E-state index in [4.69, 9.17) is 4.74 Å². The number of rotatable bonds is 3. The molecule has 0 aromatic heterocycles. The highest BCUT2D eigenvalue weighted by Crippen LogP contribution is 2.10. The first-order chi connectivity index (χ1) is 6.76. The van der Waals surface area contributed by atoms with Crippen molar-refractivity contribution in [1.29, 1.82) is 0 Å². The number of carbonyl (C=O) groups is 2. The molecule has 0 saturated heterocycles. The zero-order valence-corrected chi connectivity index (χ0v) is 9.55. The van der Waals surface area contributed by atoms with Gasteiger partial charge in [0.1, 0.15) is 17.8 Å². The molecule has 15 heavy (non-hydrogen) atoms. The van der Waals surface area contributed by atoms with Crippen LogP contribution >= 0.6 is 0 Å². The molecule has 0 aliphatic carbocycles. The normalized spacial score (nSPS) is 10.1. The summed E-state index contributed by atoms with van der Waals surface area (Å²) in [5.74, 6) is -1.04. The van der Waals surface area contributed by atoms with Gasteiger partial charge in [-0.2, -0.15) is 0 Å². The summed E-state index contributed by atoms with van der Waals surface area (Å²) in [5, 5.41) is 0. The van der Waals surface area contributed by atoms with Crippen LogP contribution in [0.25, 0.3) is 0 Å². The quantitative estimate of drug-likeness (QED) is 0.405. The number of esters is 2. The van der Waals surface area contributed by atoms with Crippen LogP contribution in [0.1, 0.15) is 27.7 Å². The van der Waals surface area contributed by atoms with Gasteiger partial charge < -0.3 is 9.47 Å². The van der Waals surface area contributed by atoms with Crippen molar-refractivity contribution in [1.82, 2.24) is 0 Å². The maximum atomic E-state index is 11.4. The Morgan fingerprint density at radius 1 is 1.33 bits per heavy atom. The maximum Gasteiger partial charge on any atom is 0.345 e. The van der Waals surface area contributed by atoms with E-state index in [1.165, 1.54) is 6.92 Å². The predicted molar refractivity (Wildman–Crippen MR) is 55.1 cm³/mol. The van der Waals surface area contributed by atoms with Gasteiger partial charge in [0.05, 0.1) is 0 Å². The molecule has 0 aromatic rings. The van der Waals surface area contributed by atoms with Gasteiger partial charge in [-0.05, 0) is 20.8 Å². The van der Waals surface area contributed by atoms with E-state index in [2.05, 4.69) is 17.0 Å². The summed E-state index contributed by atoms with van der Waals surface area (Å²) in [6.07, 6.45) is 0. The zero-order valence-electron chi connectivity index (χ0n) is 9.55. The molecule has 0 aromatic carbocycles. The Morgan fingerprint density at radius 3 is 2.20 bits per heavy atom. The first-order valence-electron chi connectivity index (χ1n) is 4.52. The molecule has 0 atom stereocenters. The summed E-state index contributed by atoms with van der Waals surface area (Å²) in [7, 11) is 0. The van der Waals surface area contributed by atoms with Crippen molar-refractivity contribution in [2.75, 3.05) is 6.61 Å². The van der Waals surface area contributed by atoms with Crippen molar-refractivity contribution in [3.63, 3.8) is 0 Å². The summed E-state index contributed by atoms with van der Waals surface area (Å²) in [5.41, 5.74) is 1.92. The smallest absolute Gasteiger partial charge is 0.345 e. The van der Waals surface area contributed by atoms with Crippen LogP contribution in [-0.2, 0) is 19.1 Å². The van der Waals surface area contributed by atoms with Crippen LogP contribution in [0, 0.1) is 0 Å². The second kappa shape index (κ2) is 5.37. The molecule has 0 radical (unpaired) electrons. The van der Waals surface area contributed by atoms with E-state index >= 15 is 0 Å². The highest BCUT2D eigenvalue weighted by Gasteiger charge is 2.20. The molecule has 0 fully saturated rings. The average Bonchev–Trinajstić information content (AvgIpc) is 2.01. The number of hydrogen-bond donors (Lipinski definition) is 0. The fourth-order valence-corrected chi connectivity index (χ4v) is 0.696. The van der Waals surface area contributed by atoms with Crippen LogP contribution in [0.2, 0.25) is 0 Å². The van der Waals surface area contributed by atoms with Gasteiger partial charge in [0.15, 0.2) is 0 Å². The molecule has 0 spiro atoms. The van der Waals surface area contributed by atoms with Crippen LogP contribution in [0.4, 0.5) is 0 Å². The second-order valence-electron chi connectivity index (χ2n) is 3.94. The Kier molecular flexibility index (Phi) is 4.82. The molecule has 0 amide bonds. The number of ether oxygens (including phenoxy) is 2. The van der Waals surface area contributed by atoms with Crippen molar-refractivity contribution in [3.05, 3.63) is 17.9 Å². The summed E-state index contributed by atoms with van der Waals surface area (Å²) >= 11 is 0. The van der Waals surface area contributed by atoms with E-state index in [1.807, 2.05) is 0 Å². The summed E-state index contributed by atoms with van der Waals surface area (Å²) in [6, 6.07) is 0. The minimum atomic E-state index is -0.588. The molecule has 0 rings (SSSR count). The van der Waals surface area contributed by atoms with Gasteiger partial charge in [-0.1, -0.05) is 6.58 Å². The van der Waals surface area contributed by atoms with Crippen LogP contribution in [0.5, 0.6) is 0 Å². The fraction of sp³-hybridized carbons (Fsp3) is 0.545. The lowest BCUT2D eigenvalue weighted by molar-refractivity contribution is -0.151. The molecule has 4 heteroatoms. The molecule has 0 aliphatic heterocycles. The summed E-state index contributed by atoms with van der Waals surface area (Å²) in [4.78, 5) is 22.0. The van der Waals surface area contributed by atoms with E-state index in [9.17, 15) is 9.59 Å². The third-order valence-electron chi connectivity index (χ3n) is 1.28. The van der Waals surface area contributed by atoms with Gasteiger partial charge in [0, 0.05) is 6.92 Å². The minimum Gasteiger partial charge on any atom is -0.460 e. The standard InChI is InChI=1S/C11H16O4/c1-6-9(7-14-8(2)12)10(13)15-11(3,4)5/h1,7H2,2-5H3. The Labute approximate surface area is 89.6 Å². The number of carbonyl (C=O) groups excluding carboxylic acids is 2. The first kappa shape index (κ1) is 13.5. The van der Waals surface area contributed by atoms with Crippen LogP contribution in [0.15, 0.2) is 17.9 Å². The molecule has 0 heterocycles. The topological polar surface area (TPSA) is 52.6 Å². The first-order valence-corrected chi connectivity index (χ1v) is 4.52. The predicted octanol–water partition coefficient (Wildman–Crippen LogP) is 1.60. The SMILES string of the molecule is C=C=C(COC(C)=O)C(=O)OC(C)(C)C. The zero-order chi connectivity index (χ0) is 12.1. The van der Waals surface area contributed by atoms with Crippen molar-refractivity contribution in [2.24, 2.45) is 0 Å². The summed E-state index contributed by atoms with van der Waals surface area (Å²) in [6.45, 7) is 9.68. The third-order valence-corrected chi connectivity index (χ3v) is 1.28. The Balaban J connectivity index is 4.38. The monoisotopic (exact) mass is 212 g/mol. The van der Waals surface area contributed by atoms with Gasteiger partial charge >= 0.3 is 11.9 Å². The lowest BCUT2D eigenvalue weighted by atomic mass is 10.2. The van der Waals surface area contributed by atoms with Crippen molar-refractivity contribution in [2.45, 2.75) is 33.3 Å².